The van der Waals surface area contributed by atoms with Crippen molar-refractivity contribution in [1.29, 1.82) is 0 Å². The molecule has 0 aromatic heterocycles. The number of nitrogens with zero attached hydrogens (tertiary/aromatic N) is 1. The van der Waals surface area contributed by atoms with Gasteiger partial charge in [0, 0.05) is 12.4 Å². The second kappa shape index (κ2) is 4.39. The van der Waals surface area contributed by atoms with Crippen molar-refractivity contribution in [2.45, 2.75) is 12.5 Å². The molecular formula is C7H16N2O3. The Morgan fingerprint density at radius 3 is 2.33 bits per heavy atom. The molecule has 72 valence electrons. The maximum absolute atomic E-state index is 10.2. The van der Waals surface area contributed by atoms with E-state index in [1.807, 2.05) is 21.1 Å². The van der Waals surface area contributed by atoms with Crippen molar-refractivity contribution in [3.05, 3.63) is 0 Å². The van der Waals surface area contributed by atoms with Gasteiger partial charge in [-0.3, -0.25) is 4.84 Å². The quantitative estimate of drug-likeness (QED) is 0.392. The van der Waals surface area contributed by atoms with E-state index in [4.69, 9.17) is 5.90 Å². The van der Waals surface area contributed by atoms with E-state index in [0.717, 1.165) is 0 Å². The van der Waals surface area contributed by atoms with Crippen molar-refractivity contribution in [3.63, 3.8) is 0 Å². The highest BCUT2D eigenvalue weighted by atomic mass is 16.6. The van der Waals surface area contributed by atoms with Crippen LogP contribution in [0.15, 0.2) is 0 Å². The Morgan fingerprint density at radius 1 is 1.58 bits per heavy atom. The number of quaternary nitrogens is 1. The highest BCUT2D eigenvalue weighted by Gasteiger charge is 2.18. The number of hydrogen-bond donors (Lipinski definition) is 1. The van der Waals surface area contributed by atoms with E-state index in [0.29, 0.717) is 11.0 Å². The van der Waals surface area contributed by atoms with Gasteiger partial charge in [-0.1, -0.05) is 0 Å². The lowest BCUT2D eigenvalue weighted by atomic mass is 10.2. The fourth-order valence-corrected chi connectivity index (χ4v) is 0.952. The topological polar surface area (TPSA) is 75.4 Å². The molecule has 0 heterocycles. The summed E-state index contributed by atoms with van der Waals surface area (Å²) in [6, 6.07) is 0. The maximum atomic E-state index is 10.2. The first-order valence-corrected chi connectivity index (χ1v) is 3.71. The predicted octanol–water partition coefficient (Wildman–Crippen LogP) is -1.91. The first-order valence-electron chi connectivity index (χ1n) is 3.71. The Bertz CT molecular complexity index is 153. The molecule has 12 heavy (non-hydrogen) atoms. The van der Waals surface area contributed by atoms with Crippen LogP contribution < -0.4 is 11.0 Å². The van der Waals surface area contributed by atoms with Crippen molar-refractivity contribution < 1.29 is 19.2 Å². The fourth-order valence-electron chi connectivity index (χ4n) is 0.952. The van der Waals surface area contributed by atoms with Crippen molar-refractivity contribution in [3.8, 4) is 0 Å². The number of nitrogens with two attached hydrogens (primary N) is 1. The van der Waals surface area contributed by atoms with Crippen LogP contribution in [-0.4, -0.2) is 44.2 Å². The lowest BCUT2D eigenvalue weighted by molar-refractivity contribution is -0.873. The van der Waals surface area contributed by atoms with E-state index >= 15 is 0 Å². The van der Waals surface area contributed by atoms with E-state index in [-0.39, 0.29) is 6.42 Å². The number of hydrogen-bond acceptors (Lipinski definition) is 4. The van der Waals surface area contributed by atoms with Crippen LogP contribution in [-0.2, 0) is 9.63 Å². The minimum Gasteiger partial charge on any atom is -0.550 e. The Labute approximate surface area is 72.3 Å². The van der Waals surface area contributed by atoms with Crippen molar-refractivity contribution in [2.75, 3.05) is 27.7 Å². The number of likely N-dealkylation sites (N-methyl/N-ethyl adjacent to an activating group) is 1. The SMILES string of the molecule is C[N+](C)(C)C[C@H](CC(=O)[O-])ON. The molecule has 0 aromatic rings. The van der Waals surface area contributed by atoms with Crippen LogP contribution in [0.4, 0.5) is 0 Å². The van der Waals surface area contributed by atoms with Crippen LogP contribution in [0.2, 0.25) is 0 Å². The molecule has 0 aliphatic heterocycles. The largest absolute Gasteiger partial charge is 0.550 e. The minimum atomic E-state index is -1.14. The number of rotatable bonds is 5. The van der Waals surface area contributed by atoms with Crippen molar-refractivity contribution in [2.24, 2.45) is 5.90 Å². The third-order valence-electron chi connectivity index (χ3n) is 1.34. The molecule has 0 saturated heterocycles. The molecule has 5 heteroatoms. The van der Waals surface area contributed by atoms with Gasteiger partial charge in [0.05, 0.1) is 21.1 Å². The maximum Gasteiger partial charge on any atom is 0.133 e. The van der Waals surface area contributed by atoms with Crippen LogP contribution in [0.1, 0.15) is 6.42 Å². The van der Waals surface area contributed by atoms with Crippen LogP contribution in [0.5, 0.6) is 0 Å². The zero-order valence-electron chi connectivity index (χ0n) is 7.74. The van der Waals surface area contributed by atoms with Crippen LogP contribution in [0.25, 0.3) is 0 Å². The van der Waals surface area contributed by atoms with E-state index < -0.39 is 12.1 Å². The Hall–Kier alpha value is -0.650. The van der Waals surface area contributed by atoms with Crippen LogP contribution in [0, 0.1) is 0 Å². The molecule has 1 atom stereocenters. The van der Waals surface area contributed by atoms with Crippen molar-refractivity contribution >= 4 is 5.97 Å². The smallest absolute Gasteiger partial charge is 0.133 e. The average molecular weight is 176 g/mol. The van der Waals surface area contributed by atoms with E-state index in [2.05, 4.69) is 4.84 Å². The normalized spacial score (nSPS) is 14.3. The first kappa shape index (κ1) is 11.4. The lowest BCUT2D eigenvalue weighted by Crippen LogP contribution is -2.45. The Morgan fingerprint density at radius 2 is 2.08 bits per heavy atom. The van der Waals surface area contributed by atoms with Gasteiger partial charge in [-0.05, 0) is 0 Å². The van der Waals surface area contributed by atoms with Gasteiger partial charge in [0.15, 0.2) is 0 Å². The summed E-state index contributed by atoms with van der Waals surface area (Å²) in [4.78, 5) is 14.7. The second-order valence-electron chi connectivity index (χ2n) is 3.81. The van der Waals surface area contributed by atoms with E-state index in [1.54, 1.807) is 0 Å². The predicted molar refractivity (Wildman–Crippen MR) is 41.6 cm³/mol. The molecule has 0 unspecified atom stereocenters. The number of carbonyl (C=O) groups is 1. The van der Waals surface area contributed by atoms with Crippen molar-refractivity contribution in [1.82, 2.24) is 0 Å². The van der Waals surface area contributed by atoms with Crippen LogP contribution in [0.3, 0.4) is 0 Å². The van der Waals surface area contributed by atoms with Gasteiger partial charge >= 0.3 is 0 Å². The van der Waals surface area contributed by atoms with Gasteiger partial charge in [0.25, 0.3) is 0 Å². The minimum absolute atomic E-state index is 0.161. The summed E-state index contributed by atoms with van der Waals surface area (Å²) >= 11 is 0. The highest BCUT2D eigenvalue weighted by molar-refractivity contribution is 5.64. The highest BCUT2D eigenvalue weighted by Crippen LogP contribution is 2.01. The molecule has 2 N–H and O–H groups in total. The number of carboxylic acid groups (broad SMARTS) is 1. The summed E-state index contributed by atoms with van der Waals surface area (Å²) in [5.74, 6) is 3.79. The molecule has 0 fully saturated rings. The summed E-state index contributed by atoms with van der Waals surface area (Å²) in [5, 5.41) is 10.2. The van der Waals surface area contributed by atoms with Crippen LogP contribution >= 0.6 is 0 Å². The molecule has 0 amide bonds. The van der Waals surface area contributed by atoms with Gasteiger partial charge in [0.1, 0.15) is 12.6 Å². The third-order valence-corrected chi connectivity index (χ3v) is 1.34. The lowest BCUT2D eigenvalue weighted by Gasteiger charge is -2.28. The molecule has 0 spiro atoms. The van der Waals surface area contributed by atoms with Gasteiger partial charge in [-0.15, -0.1) is 0 Å². The number of carboxylic acids is 1. The second-order valence-corrected chi connectivity index (χ2v) is 3.81. The molecule has 0 aliphatic rings. The number of carbonyl (C=O) groups excluding carboxylic acids is 1. The summed E-state index contributed by atoms with van der Waals surface area (Å²) in [7, 11) is 5.80. The van der Waals surface area contributed by atoms with Gasteiger partial charge in [-0.25, -0.2) is 5.90 Å². The molecule has 0 aromatic carbocycles. The molecular weight excluding hydrogens is 160 g/mol. The molecule has 0 saturated carbocycles. The van der Waals surface area contributed by atoms with Gasteiger partial charge in [0.2, 0.25) is 0 Å². The summed E-state index contributed by atoms with van der Waals surface area (Å²) in [5.41, 5.74) is 0. The summed E-state index contributed by atoms with van der Waals surface area (Å²) < 4.78 is 0.606. The monoisotopic (exact) mass is 176 g/mol. The van der Waals surface area contributed by atoms with Gasteiger partial charge < -0.3 is 14.4 Å². The zero-order chi connectivity index (χ0) is 9.78. The average Bonchev–Trinajstić information content (AvgIpc) is 1.82. The van der Waals surface area contributed by atoms with Gasteiger partial charge in [-0.2, -0.15) is 0 Å². The van der Waals surface area contributed by atoms with E-state index in [9.17, 15) is 9.90 Å². The first-order chi connectivity index (χ1) is 5.35. The third kappa shape index (κ3) is 6.09. The molecule has 5 nitrogen and oxygen atoms in total. The molecule has 0 rings (SSSR count). The van der Waals surface area contributed by atoms with E-state index in [1.165, 1.54) is 0 Å². The zero-order valence-corrected chi connectivity index (χ0v) is 7.74. The molecule has 0 radical (unpaired) electrons. The standard InChI is InChI=1S/C7H16N2O3/c1-9(2,3)5-6(12-8)4-7(10)11/h6H,4-5,8H2,1-3H3/t6-/m0/s1. The molecule has 0 aliphatic carbocycles. The molecule has 0 bridgehead atoms. The Kier molecular flexibility index (Phi) is 4.16. The number of aliphatic carboxylic acids is 1. The summed E-state index contributed by atoms with van der Waals surface area (Å²) in [6.45, 7) is 0.546. The fraction of sp³-hybridized carbons (Fsp3) is 0.857. The summed E-state index contributed by atoms with van der Waals surface area (Å²) in [6.07, 6.45) is -0.638. The Balaban J connectivity index is 3.92.